The fraction of sp³-hybridized carbons (Fsp3) is 0.714. The first-order chi connectivity index (χ1) is 9.79. The first kappa shape index (κ1) is 16.9. The van der Waals surface area contributed by atoms with Crippen LogP contribution in [0.4, 0.5) is 0 Å². The lowest BCUT2D eigenvalue weighted by atomic mass is 9.95. The number of piperazine rings is 1. The summed E-state index contributed by atoms with van der Waals surface area (Å²) in [5.41, 5.74) is -0.0146. The third-order valence-electron chi connectivity index (χ3n) is 3.52. The normalized spacial score (nSPS) is 18.0. The highest BCUT2D eigenvalue weighted by Crippen LogP contribution is 2.31. The van der Waals surface area contributed by atoms with Crippen LogP contribution in [0.25, 0.3) is 0 Å². The summed E-state index contributed by atoms with van der Waals surface area (Å²) in [6.45, 7) is 11.4. The summed E-state index contributed by atoms with van der Waals surface area (Å²) in [5, 5.41) is 3.29. The highest BCUT2D eigenvalue weighted by atomic mass is 32.2. The molecule has 120 valence electrons. The van der Waals surface area contributed by atoms with E-state index in [-0.39, 0.29) is 5.41 Å². The summed E-state index contributed by atoms with van der Waals surface area (Å²) < 4.78 is 27.7. The fourth-order valence-corrected chi connectivity index (χ4v) is 4.64. The van der Waals surface area contributed by atoms with E-state index in [0.717, 1.165) is 37.6 Å². The number of nitrogens with one attached hydrogen (secondary N) is 2. The SMILES string of the molecule is CC(C)(C)c1ccc(S(=O)(=O)NCCN2CCNCC2)s1. The number of sulfonamides is 1. The minimum atomic E-state index is -3.37. The van der Waals surface area contributed by atoms with E-state index < -0.39 is 10.0 Å². The molecule has 5 nitrogen and oxygen atoms in total. The Bertz CT molecular complexity index is 555. The molecule has 2 N–H and O–H groups in total. The van der Waals surface area contributed by atoms with E-state index in [4.69, 9.17) is 0 Å². The lowest BCUT2D eigenvalue weighted by Crippen LogP contribution is -2.46. The largest absolute Gasteiger partial charge is 0.314 e. The Morgan fingerprint density at radius 3 is 2.52 bits per heavy atom. The van der Waals surface area contributed by atoms with Gasteiger partial charge in [0.2, 0.25) is 10.0 Å². The summed E-state index contributed by atoms with van der Waals surface area (Å²) in [5.74, 6) is 0. The summed E-state index contributed by atoms with van der Waals surface area (Å²) in [4.78, 5) is 3.36. The van der Waals surface area contributed by atoms with Gasteiger partial charge in [0.15, 0.2) is 0 Å². The number of rotatable bonds is 5. The molecule has 1 fully saturated rings. The van der Waals surface area contributed by atoms with Crippen LogP contribution < -0.4 is 10.0 Å². The van der Waals surface area contributed by atoms with E-state index in [1.54, 1.807) is 6.07 Å². The maximum atomic E-state index is 12.3. The molecule has 1 aliphatic rings. The minimum Gasteiger partial charge on any atom is -0.314 e. The molecule has 1 aromatic heterocycles. The second-order valence-corrected chi connectivity index (χ2v) is 9.44. The van der Waals surface area contributed by atoms with Gasteiger partial charge in [0, 0.05) is 44.1 Å². The van der Waals surface area contributed by atoms with Crippen molar-refractivity contribution in [1.82, 2.24) is 14.9 Å². The second kappa shape index (κ2) is 6.75. The van der Waals surface area contributed by atoms with Crippen LogP contribution in [0.3, 0.4) is 0 Å². The zero-order chi connectivity index (χ0) is 15.5. The maximum Gasteiger partial charge on any atom is 0.250 e. The van der Waals surface area contributed by atoms with Crippen LogP contribution in [0.1, 0.15) is 25.6 Å². The quantitative estimate of drug-likeness (QED) is 0.852. The molecule has 21 heavy (non-hydrogen) atoms. The van der Waals surface area contributed by atoms with Gasteiger partial charge in [-0.1, -0.05) is 20.8 Å². The van der Waals surface area contributed by atoms with Gasteiger partial charge in [0.25, 0.3) is 0 Å². The Morgan fingerprint density at radius 1 is 1.29 bits per heavy atom. The van der Waals surface area contributed by atoms with Gasteiger partial charge < -0.3 is 5.32 Å². The number of hydrogen-bond acceptors (Lipinski definition) is 5. The predicted molar refractivity (Wildman–Crippen MR) is 87.5 cm³/mol. The lowest BCUT2D eigenvalue weighted by Gasteiger charge is -2.26. The molecule has 7 heteroatoms. The fourth-order valence-electron chi connectivity index (χ4n) is 2.21. The Morgan fingerprint density at radius 2 is 1.95 bits per heavy atom. The van der Waals surface area contributed by atoms with Crippen LogP contribution >= 0.6 is 11.3 Å². The van der Waals surface area contributed by atoms with E-state index in [0.29, 0.717) is 10.8 Å². The van der Waals surface area contributed by atoms with E-state index in [1.165, 1.54) is 11.3 Å². The molecule has 0 spiro atoms. The van der Waals surface area contributed by atoms with Crippen molar-refractivity contribution in [2.24, 2.45) is 0 Å². The van der Waals surface area contributed by atoms with Crippen LogP contribution in [0.15, 0.2) is 16.3 Å². The molecule has 2 heterocycles. The van der Waals surface area contributed by atoms with Gasteiger partial charge in [0.05, 0.1) is 0 Å². The minimum absolute atomic E-state index is 0.0146. The van der Waals surface area contributed by atoms with Gasteiger partial charge in [-0.3, -0.25) is 4.90 Å². The number of thiophene rings is 1. The van der Waals surface area contributed by atoms with E-state index >= 15 is 0 Å². The highest BCUT2D eigenvalue weighted by molar-refractivity contribution is 7.91. The van der Waals surface area contributed by atoms with Crippen LogP contribution in [-0.4, -0.2) is 52.6 Å². The third kappa shape index (κ3) is 4.75. The molecule has 0 atom stereocenters. The van der Waals surface area contributed by atoms with Crippen molar-refractivity contribution in [2.75, 3.05) is 39.3 Å². The van der Waals surface area contributed by atoms with Crippen molar-refractivity contribution < 1.29 is 8.42 Å². The average Bonchev–Trinajstić information content (AvgIpc) is 2.90. The summed E-state index contributed by atoms with van der Waals surface area (Å²) in [7, 11) is -3.37. The van der Waals surface area contributed by atoms with Gasteiger partial charge in [-0.15, -0.1) is 11.3 Å². The first-order valence-electron chi connectivity index (χ1n) is 7.32. The molecule has 2 rings (SSSR count). The van der Waals surface area contributed by atoms with Crippen molar-refractivity contribution in [1.29, 1.82) is 0 Å². The molecule has 0 unspecified atom stereocenters. The van der Waals surface area contributed by atoms with Crippen molar-refractivity contribution >= 4 is 21.4 Å². The van der Waals surface area contributed by atoms with Gasteiger partial charge >= 0.3 is 0 Å². The second-order valence-electron chi connectivity index (χ2n) is 6.36. The predicted octanol–water partition coefficient (Wildman–Crippen LogP) is 1.23. The molecule has 0 bridgehead atoms. The zero-order valence-electron chi connectivity index (χ0n) is 13.0. The summed E-state index contributed by atoms with van der Waals surface area (Å²) in [6, 6.07) is 3.62. The van der Waals surface area contributed by atoms with Crippen LogP contribution in [-0.2, 0) is 15.4 Å². The standard InChI is InChI=1S/C14H25N3O2S2/c1-14(2,3)12-4-5-13(20-12)21(18,19)16-8-11-17-9-6-15-7-10-17/h4-5,15-16H,6-11H2,1-3H3. The Labute approximate surface area is 131 Å². The van der Waals surface area contributed by atoms with E-state index in [9.17, 15) is 8.42 Å². The molecule has 0 amide bonds. The molecule has 1 aromatic rings. The van der Waals surface area contributed by atoms with Gasteiger partial charge in [-0.2, -0.15) is 0 Å². The van der Waals surface area contributed by atoms with Crippen molar-refractivity contribution in [2.45, 2.75) is 30.4 Å². The van der Waals surface area contributed by atoms with Gasteiger partial charge in [0.1, 0.15) is 4.21 Å². The van der Waals surface area contributed by atoms with E-state index in [2.05, 4.69) is 35.7 Å². The zero-order valence-corrected chi connectivity index (χ0v) is 14.6. The lowest BCUT2D eigenvalue weighted by molar-refractivity contribution is 0.245. The molecule has 0 aliphatic carbocycles. The molecule has 0 radical (unpaired) electrons. The molecule has 0 aromatic carbocycles. The topological polar surface area (TPSA) is 61.4 Å². The molecule has 1 saturated heterocycles. The molecular formula is C14H25N3O2S2. The van der Waals surface area contributed by atoms with Crippen LogP contribution in [0.2, 0.25) is 0 Å². The summed E-state index contributed by atoms with van der Waals surface area (Å²) in [6.07, 6.45) is 0. The van der Waals surface area contributed by atoms with Gasteiger partial charge in [-0.25, -0.2) is 13.1 Å². The van der Waals surface area contributed by atoms with Crippen LogP contribution in [0, 0.1) is 0 Å². The smallest absolute Gasteiger partial charge is 0.250 e. The highest BCUT2D eigenvalue weighted by Gasteiger charge is 2.22. The van der Waals surface area contributed by atoms with Crippen LogP contribution in [0.5, 0.6) is 0 Å². The monoisotopic (exact) mass is 331 g/mol. The molecular weight excluding hydrogens is 306 g/mol. The average molecular weight is 332 g/mol. The third-order valence-corrected chi connectivity index (χ3v) is 6.98. The van der Waals surface area contributed by atoms with Crippen molar-refractivity contribution in [3.05, 3.63) is 17.0 Å². The maximum absolute atomic E-state index is 12.3. The van der Waals surface area contributed by atoms with E-state index in [1.807, 2.05) is 6.07 Å². The van der Waals surface area contributed by atoms with Crippen molar-refractivity contribution in [3.63, 3.8) is 0 Å². The van der Waals surface area contributed by atoms with Crippen molar-refractivity contribution in [3.8, 4) is 0 Å². The summed E-state index contributed by atoms with van der Waals surface area (Å²) >= 11 is 1.36. The van der Waals surface area contributed by atoms with Gasteiger partial charge in [-0.05, 0) is 17.5 Å². The Kier molecular flexibility index (Phi) is 5.43. The number of nitrogens with zero attached hydrogens (tertiary/aromatic N) is 1. The molecule has 0 saturated carbocycles. The molecule has 1 aliphatic heterocycles. The first-order valence-corrected chi connectivity index (χ1v) is 9.62. The Balaban J connectivity index is 1.90. The number of hydrogen-bond donors (Lipinski definition) is 2. The Hall–Kier alpha value is -0.470.